The fourth-order valence-corrected chi connectivity index (χ4v) is 2.21. The van der Waals surface area contributed by atoms with Gasteiger partial charge in [0.15, 0.2) is 0 Å². The van der Waals surface area contributed by atoms with Crippen LogP contribution in [-0.2, 0) is 11.3 Å². The third-order valence-corrected chi connectivity index (χ3v) is 3.26. The highest BCUT2D eigenvalue weighted by atomic mass is 16.5. The van der Waals surface area contributed by atoms with E-state index in [0.717, 1.165) is 18.8 Å². The van der Waals surface area contributed by atoms with Gasteiger partial charge in [-0.25, -0.2) is 0 Å². The number of benzene rings is 2. The molecule has 2 rings (SSSR count). The van der Waals surface area contributed by atoms with Crippen molar-refractivity contribution in [2.45, 2.75) is 13.5 Å². The van der Waals surface area contributed by atoms with Crippen LogP contribution in [0, 0.1) is 11.8 Å². The van der Waals surface area contributed by atoms with Crippen LogP contribution in [0.25, 0.3) is 10.8 Å². The second kappa shape index (κ2) is 8.31. The Labute approximate surface area is 126 Å². The van der Waals surface area contributed by atoms with Crippen LogP contribution >= 0.6 is 0 Å². The molecule has 0 aliphatic rings. The molecule has 0 aliphatic carbocycles. The first-order valence-electron chi connectivity index (χ1n) is 7.09. The minimum atomic E-state index is 0.417. The number of hydrogen-bond donors (Lipinski definition) is 1. The molecule has 2 aromatic rings. The second-order valence-corrected chi connectivity index (χ2v) is 4.65. The summed E-state index contributed by atoms with van der Waals surface area (Å²) in [6, 6.07) is 12.4. The smallest absolute Gasteiger partial charge is 0.149 e. The van der Waals surface area contributed by atoms with E-state index in [1.54, 1.807) is 7.11 Å². The first-order chi connectivity index (χ1) is 10.4. The molecule has 21 heavy (non-hydrogen) atoms. The first kappa shape index (κ1) is 15.4. The Hall–Kier alpha value is -2.02. The lowest BCUT2D eigenvalue weighted by Crippen LogP contribution is -2.19. The SMILES string of the molecule is CC#CCOc1ccc2ccccc2c1CNCCOC. The number of nitrogens with one attached hydrogen (secondary N) is 1. The third-order valence-electron chi connectivity index (χ3n) is 3.26. The van der Waals surface area contributed by atoms with Gasteiger partial charge in [0.1, 0.15) is 12.4 Å². The summed E-state index contributed by atoms with van der Waals surface area (Å²) in [6.45, 7) is 4.49. The minimum absolute atomic E-state index is 0.417. The molecule has 0 aromatic heterocycles. The van der Waals surface area contributed by atoms with Crippen LogP contribution < -0.4 is 10.1 Å². The average Bonchev–Trinajstić information content (AvgIpc) is 2.53. The highest BCUT2D eigenvalue weighted by Crippen LogP contribution is 2.28. The molecule has 0 unspecified atom stereocenters. The molecule has 0 amide bonds. The lowest BCUT2D eigenvalue weighted by molar-refractivity contribution is 0.199. The molecule has 2 aromatic carbocycles. The Bertz CT molecular complexity index is 640. The van der Waals surface area contributed by atoms with Crippen molar-refractivity contribution in [3.05, 3.63) is 42.0 Å². The van der Waals surface area contributed by atoms with Crippen molar-refractivity contribution in [2.24, 2.45) is 0 Å². The molecular weight excluding hydrogens is 262 g/mol. The fraction of sp³-hybridized carbons (Fsp3) is 0.333. The van der Waals surface area contributed by atoms with Gasteiger partial charge in [-0.2, -0.15) is 0 Å². The van der Waals surface area contributed by atoms with Crippen LogP contribution in [-0.4, -0.2) is 26.9 Å². The van der Waals surface area contributed by atoms with E-state index < -0.39 is 0 Å². The average molecular weight is 283 g/mol. The predicted molar refractivity (Wildman–Crippen MR) is 86.5 cm³/mol. The summed E-state index contributed by atoms with van der Waals surface area (Å²) >= 11 is 0. The maximum absolute atomic E-state index is 5.80. The summed E-state index contributed by atoms with van der Waals surface area (Å²) in [5.74, 6) is 6.67. The Kier molecular flexibility index (Phi) is 6.08. The Morgan fingerprint density at radius 3 is 2.81 bits per heavy atom. The Morgan fingerprint density at radius 1 is 1.14 bits per heavy atom. The van der Waals surface area contributed by atoms with Gasteiger partial charge in [0.05, 0.1) is 6.61 Å². The van der Waals surface area contributed by atoms with Crippen LogP contribution in [0.4, 0.5) is 0 Å². The lowest BCUT2D eigenvalue weighted by atomic mass is 10.0. The van der Waals surface area contributed by atoms with Gasteiger partial charge in [-0.1, -0.05) is 36.3 Å². The molecule has 0 fully saturated rings. The molecule has 110 valence electrons. The summed E-state index contributed by atoms with van der Waals surface area (Å²) in [5, 5.41) is 5.81. The quantitative estimate of drug-likeness (QED) is 0.626. The highest BCUT2D eigenvalue weighted by Gasteiger charge is 2.08. The molecular formula is C18H21NO2. The van der Waals surface area contributed by atoms with E-state index in [4.69, 9.17) is 9.47 Å². The van der Waals surface area contributed by atoms with Crippen LogP contribution in [0.5, 0.6) is 5.75 Å². The van der Waals surface area contributed by atoms with Crippen molar-refractivity contribution in [1.82, 2.24) is 5.32 Å². The zero-order valence-electron chi connectivity index (χ0n) is 12.6. The van der Waals surface area contributed by atoms with Gasteiger partial charge in [0.25, 0.3) is 0 Å². The zero-order chi connectivity index (χ0) is 14.9. The van der Waals surface area contributed by atoms with E-state index in [-0.39, 0.29) is 0 Å². The van der Waals surface area contributed by atoms with E-state index in [2.05, 4.69) is 41.4 Å². The zero-order valence-corrected chi connectivity index (χ0v) is 12.6. The fourth-order valence-electron chi connectivity index (χ4n) is 2.21. The number of hydrogen-bond acceptors (Lipinski definition) is 3. The number of fused-ring (bicyclic) bond motifs is 1. The van der Waals surface area contributed by atoms with Crippen LogP contribution in [0.15, 0.2) is 36.4 Å². The van der Waals surface area contributed by atoms with Crippen LogP contribution in [0.3, 0.4) is 0 Å². The molecule has 3 heteroatoms. The summed E-state index contributed by atoms with van der Waals surface area (Å²) in [6.07, 6.45) is 0. The Morgan fingerprint density at radius 2 is 2.00 bits per heavy atom. The van der Waals surface area contributed by atoms with Gasteiger partial charge < -0.3 is 14.8 Å². The van der Waals surface area contributed by atoms with Crippen molar-refractivity contribution in [3.8, 4) is 17.6 Å². The second-order valence-electron chi connectivity index (χ2n) is 4.65. The summed E-state index contributed by atoms with van der Waals surface area (Å²) in [5.41, 5.74) is 1.17. The first-order valence-corrected chi connectivity index (χ1v) is 7.09. The minimum Gasteiger partial charge on any atom is -0.481 e. The van der Waals surface area contributed by atoms with Gasteiger partial charge in [0.2, 0.25) is 0 Å². The summed E-state index contributed by atoms with van der Waals surface area (Å²) < 4.78 is 10.9. The van der Waals surface area contributed by atoms with Gasteiger partial charge in [-0.15, -0.1) is 5.92 Å². The molecule has 0 saturated carbocycles. The standard InChI is InChI=1S/C18H21NO2/c1-3-4-12-21-18-10-9-15-7-5-6-8-16(15)17(18)14-19-11-13-20-2/h5-10,19H,11-14H2,1-2H3. The number of rotatable bonds is 7. The van der Waals surface area contributed by atoms with E-state index in [1.807, 2.05) is 19.1 Å². The van der Waals surface area contributed by atoms with Gasteiger partial charge in [0, 0.05) is 25.8 Å². The van der Waals surface area contributed by atoms with E-state index in [0.29, 0.717) is 13.2 Å². The van der Waals surface area contributed by atoms with E-state index >= 15 is 0 Å². The largest absolute Gasteiger partial charge is 0.481 e. The van der Waals surface area contributed by atoms with Crippen molar-refractivity contribution in [3.63, 3.8) is 0 Å². The number of ether oxygens (including phenoxy) is 2. The molecule has 0 radical (unpaired) electrons. The van der Waals surface area contributed by atoms with Crippen molar-refractivity contribution in [2.75, 3.05) is 26.9 Å². The molecule has 3 nitrogen and oxygen atoms in total. The van der Waals surface area contributed by atoms with Crippen molar-refractivity contribution in [1.29, 1.82) is 0 Å². The van der Waals surface area contributed by atoms with Gasteiger partial charge >= 0.3 is 0 Å². The highest BCUT2D eigenvalue weighted by molar-refractivity contribution is 5.87. The monoisotopic (exact) mass is 283 g/mol. The predicted octanol–water partition coefficient (Wildman–Crippen LogP) is 2.98. The van der Waals surface area contributed by atoms with Crippen LogP contribution in [0.1, 0.15) is 12.5 Å². The molecule has 1 N–H and O–H groups in total. The van der Waals surface area contributed by atoms with E-state index in [9.17, 15) is 0 Å². The van der Waals surface area contributed by atoms with Gasteiger partial charge in [-0.05, 0) is 23.8 Å². The molecule has 0 aliphatic heterocycles. The van der Waals surface area contributed by atoms with Crippen LogP contribution in [0.2, 0.25) is 0 Å². The maximum atomic E-state index is 5.80. The molecule has 0 spiro atoms. The van der Waals surface area contributed by atoms with Gasteiger partial charge in [-0.3, -0.25) is 0 Å². The summed E-state index contributed by atoms with van der Waals surface area (Å²) in [4.78, 5) is 0. The van der Waals surface area contributed by atoms with Crippen molar-refractivity contribution < 1.29 is 9.47 Å². The number of methoxy groups -OCH3 is 1. The molecule has 0 atom stereocenters. The lowest BCUT2D eigenvalue weighted by Gasteiger charge is -2.14. The third kappa shape index (κ3) is 4.22. The van der Waals surface area contributed by atoms with E-state index in [1.165, 1.54) is 16.3 Å². The normalized spacial score (nSPS) is 10.2. The molecule has 0 saturated heterocycles. The molecule has 0 heterocycles. The molecule has 0 bridgehead atoms. The van der Waals surface area contributed by atoms with Crippen molar-refractivity contribution >= 4 is 10.8 Å². The maximum Gasteiger partial charge on any atom is 0.149 e. The topological polar surface area (TPSA) is 30.5 Å². The Balaban J connectivity index is 2.25. The summed E-state index contributed by atoms with van der Waals surface area (Å²) in [7, 11) is 1.71.